The van der Waals surface area contributed by atoms with Crippen LogP contribution in [0.5, 0.6) is 0 Å². The molecule has 1 amide bonds. The van der Waals surface area contributed by atoms with Crippen molar-refractivity contribution >= 4 is 17.2 Å². The summed E-state index contributed by atoms with van der Waals surface area (Å²) in [4.78, 5) is 18.5. The number of nitrogens with zero attached hydrogens (tertiary/aromatic N) is 2. The lowest BCUT2D eigenvalue weighted by atomic mass is 10.2. The van der Waals surface area contributed by atoms with Crippen molar-refractivity contribution in [3.8, 4) is 0 Å². The number of hydrogen-bond donors (Lipinski definition) is 1. The molecule has 5 nitrogen and oxygen atoms in total. The molecule has 2 saturated heterocycles. The van der Waals surface area contributed by atoms with Crippen LogP contribution in [0.3, 0.4) is 0 Å². The number of thiazole rings is 1. The van der Waals surface area contributed by atoms with Gasteiger partial charge < -0.3 is 15.0 Å². The maximum Gasteiger partial charge on any atom is 0.239 e. The van der Waals surface area contributed by atoms with Crippen molar-refractivity contribution < 1.29 is 9.53 Å². The first kappa shape index (κ1) is 12.1. The molecule has 0 radical (unpaired) electrons. The number of carbonyl (C=O) groups excluding carboxylic acids is 1. The second-order valence-corrected chi connectivity index (χ2v) is 5.59. The molecule has 18 heavy (non-hydrogen) atoms. The number of morpholine rings is 1. The van der Waals surface area contributed by atoms with Crippen LogP contribution in [0.2, 0.25) is 0 Å². The average molecular weight is 267 g/mol. The molecule has 2 atom stereocenters. The smallest absolute Gasteiger partial charge is 0.239 e. The molecule has 1 unspecified atom stereocenters. The Morgan fingerprint density at radius 1 is 1.61 bits per heavy atom. The highest BCUT2D eigenvalue weighted by Crippen LogP contribution is 2.24. The molecule has 2 fully saturated rings. The Morgan fingerprint density at radius 3 is 3.28 bits per heavy atom. The lowest BCUT2D eigenvalue weighted by Crippen LogP contribution is -2.49. The number of rotatable bonds is 2. The first-order valence-corrected chi connectivity index (χ1v) is 7.26. The van der Waals surface area contributed by atoms with Gasteiger partial charge >= 0.3 is 0 Å². The van der Waals surface area contributed by atoms with E-state index < -0.39 is 0 Å². The molecule has 0 saturated carbocycles. The van der Waals surface area contributed by atoms with E-state index in [2.05, 4.69) is 10.3 Å². The molecule has 1 aromatic rings. The lowest BCUT2D eigenvalue weighted by molar-refractivity contribution is -0.140. The van der Waals surface area contributed by atoms with Gasteiger partial charge in [-0.25, -0.2) is 4.98 Å². The summed E-state index contributed by atoms with van der Waals surface area (Å²) in [6, 6.07) is 0.0139. The van der Waals surface area contributed by atoms with Crippen LogP contribution in [0.4, 0.5) is 0 Å². The third-order valence-electron chi connectivity index (χ3n) is 3.46. The summed E-state index contributed by atoms with van der Waals surface area (Å²) in [5.41, 5.74) is 0. The lowest BCUT2D eigenvalue weighted by Gasteiger charge is -2.33. The van der Waals surface area contributed by atoms with Crippen molar-refractivity contribution in [2.24, 2.45) is 0 Å². The zero-order valence-electron chi connectivity index (χ0n) is 10.2. The van der Waals surface area contributed by atoms with Crippen LogP contribution in [0, 0.1) is 0 Å². The zero-order chi connectivity index (χ0) is 12.4. The van der Waals surface area contributed by atoms with E-state index in [0.717, 1.165) is 24.4 Å². The zero-order valence-corrected chi connectivity index (χ0v) is 11.0. The normalized spacial score (nSPS) is 28.6. The summed E-state index contributed by atoms with van der Waals surface area (Å²) in [6.07, 6.45) is 3.78. The van der Waals surface area contributed by atoms with Crippen LogP contribution in [0.15, 0.2) is 11.6 Å². The SMILES string of the molecule is O=C([C@@H]1CCCN1)N1CCOC(c2nccs2)C1. The number of aromatic nitrogens is 1. The van der Waals surface area contributed by atoms with Gasteiger partial charge in [0.2, 0.25) is 5.91 Å². The molecule has 3 rings (SSSR count). The molecule has 0 bridgehead atoms. The summed E-state index contributed by atoms with van der Waals surface area (Å²) in [5.74, 6) is 0.220. The van der Waals surface area contributed by atoms with Crippen molar-refractivity contribution in [3.05, 3.63) is 16.6 Å². The van der Waals surface area contributed by atoms with Crippen molar-refractivity contribution in [2.75, 3.05) is 26.2 Å². The summed E-state index contributed by atoms with van der Waals surface area (Å²) in [6.45, 7) is 2.88. The Labute approximate surface area is 110 Å². The molecule has 0 spiro atoms. The molecule has 1 N–H and O–H groups in total. The van der Waals surface area contributed by atoms with E-state index >= 15 is 0 Å². The van der Waals surface area contributed by atoms with Crippen molar-refractivity contribution in [1.29, 1.82) is 0 Å². The van der Waals surface area contributed by atoms with Crippen LogP contribution >= 0.6 is 11.3 Å². The summed E-state index contributed by atoms with van der Waals surface area (Å²) >= 11 is 1.59. The van der Waals surface area contributed by atoms with Gasteiger partial charge in [-0.15, -0.1) is 11.3 Å². The van der Waals surface area contributed by atoms with E-state index in [4.69, 9.17) is 4.74 Å². The molecule has 2 aliphatic heterocycles. The Bertz CT molecular complexity index is 403. The van der Waals surface area contributed by atoms with E-state index in [1.807, 2.05) is 10.3 Å². The van der Waals surface area contributed by atoms with E-state index in [1.165, 1.54) is 0 Å². The predicted molar refractivity (Wildman–Crippen MR) is 68.4 cm³/mol. The minimum atomic E-state index is -0.0518. The molecule has 0 aromatic carbocycles. The number of nitrogens with one attached hydrogen (secondary N) is 1. The van der Waals surface area contributed by atoms with E-state index in [0.29, 0.717) is 19.7 Å². The first-order chi connectivity index (χ1) is 8.84. The van der Waals surface area contributed by atoms with Gasteiger partial charge in [0.1, 0.15) is 11.1 Å². The maximum absolute atomic E-state index is 12.3. The summed E-state index contributed by atoms with van der Waals surface area (Å²) in [5, 5.41) is 6.17. The van der Waals surface area contributed by atoms with Gasteiger partial charge in [-0.05, 0) is 19.4 Å². The van der Waals surface area contributed by atoms with Gasteiger partial charge in [-0.3, -0.25) is 4.79 Å². The van der Waals surface area contributed by atoms with Gasteiger partial charge in [0.25, 0.3) is 0 Å². The average Bonchev–Trinajstić information content (AvgIpc) is 3.11. The quantitative estimate of drug-likeness (QED) is 0.861. The van der Waals surface area contributed by atoms with Gasteiger partial charge in [0.05, 0.1) is 19.2 Å². The minimum Gasteiger partial charge on any atom is -0.367 e. The minimum absolute atomic E-state index is 0.0139. The summed E-state index contributed by atoms with van der Waals surface area (Å²) in [7, 11) is 0. The molecule has 2 aliphatic rings. The topological polar surface area (TPSA) is 54.5 Å². The molecular formula is C12H17N3O2S. The van der Waals surface area contributed by atoms with Gasteiger partial charge in [0, 0.05) is 18.1 Å². The Hall–Kier alpha value is -0.980. The highest BCUT2D eigenvalue weighted by molar-refractivity contribution is 7.09. The largest absolute Gasteiger partial charge is 0.367 e. The molecular weight excluding hydrogens is 250 g/mol. The Morgan fingerprint density at radius 2 is 2.56 bits per heavy atom. The number of hydrogen-bond acceptors (Lipinski definition) is 5. The third kappa shape index (κ3) is 2.41. The number of carbonyl (C=O) groups is 1. The highest BCUT2D eigenvalue weighted by atomic mass is 32.1. The van der Waals surface area contributed by atoms with E-state index in [9.17, 15) is 4.79 Å². The van der Waals surface area contributed by atoms with E-state index in [-0.39, 0.29) is 18.1 Å². The Balaban J connectivity index is 1.64. The van der Waals surface area contributed by atoms with Crippen LogP contribution in [-0.4, -0.2) is 48.1 Å². The standard InChI is InChI=1S/C12H17N3O2S/c16-12(9-2-1-3-13-9)15-5-6-17-10(8-15)11-14-4-7-18-11/h4,7,9-10,13H,1-3,5-6,8H2/t9-,10?/m0/s1. The van der Waals surface area contributed by atoms with Crippen molar-refractivity contribution in [3.63, 3.8) is 0 Å². The fraction of sp³-hybridized carbons (Fsp3) is 0.667. The highest BCUT2D eigenvalue weighted by Gasteiger charge is 2.31. The molecule has 6 heteroatoms. The van der Waals surface area contributed by atoms with Crippen LogP contribution < -0.4 is 5.32 Å². The van der Waals surface area contributed by atoms with Crippen molar-refractivity contribution in [1.82, 2.24) is 15.2 Å². The maximum atomic E-state index is 12.3. The first-order valence-electron chi connectivity index (χ1n) is 6.38. The molecule has 98 valence electrons. The predicted octanol–water partition coefficient (Wildman–Crippen LogP) is 0.795. The molecule has 1 aromatic heterocycles. The molecule has 3 heterocycles. The fourth-order valence-electron chi connectivity index (χ4n) is 2.51. The second kappa shape index (κ2) is 5.34. The fourth-order valence-corrected chi connectivity index (χ4v) is 3.19. The van der Waals surface area contributed by atoms with Crippen molar-refractivity contribution in [2.45, 2.75) is 25.0 Å². The third-order valence-corrected chi connectivity index (χ3v) is 4.33. The van der Waals surface area contributed by atoms with E-state index in [1.54, 1.807) is 17.5 Å². The second-order valence-electron chi connectivity index (χ2n) is 4.66. The van der Waals surface area contributed by atoms with Gasteiger partial charge in [0.15, 0.2) is 0 Å². The number of ether oxygens (including phenoxy) is 1. The monoisotopic (exact) mass is 267 g/mol. The Kier molecular flexibility index (Phi) is 3.58. The van der Waals surface area contributed by atoms with Gasteiger partial charge in [-0.2, -0.15) is 0 Å². The van der Waals surface area contributed by atoms with Crippen LogP contribution in [0.25, 0.3) is 0 Å². The van der Waals surface area contributed by atoms with Gasteiger partial charge in [-0.1, -0.05) is 0 Å². The molecule has 0 aliphatic carbocycles. The van der Waals surface area contributed by atoms with Crippen LogP contribution in [-0.2, 0) is 9.53 Å². The number of amides is 1. The van der Waals surface area contributed by atoms with Crippen LogP contribution in [0.1, 0.15) is 24.0 Å². The summed E-state index contributed by atoms with van der Waals surface area (Å²) < 4.78 is 5.70.